The first-order chi connectivity index (χ1) is 11.3. The minimum Gasteiger partial charge on any atom is -0.390 e. The van der Waals surface area contributed by atoms with E-state index in [0.717, 1.165) is 35.4 Å². The summed E-state index contributed by atoms with van der Waals surface area (Å²) in [6, 6.07) is 10.9. The van der Waals surface area contributed by atoms with Gasteiger partial charge in [-0.1, -0.05) is 24.3 Å². The number of benzene rings is 1. The number of rotatable bonds is 4. The summed E-state index contributed by atoms with van der Waals surface area (Å²) in [5.41, 5.74) is 2.42. The largest absolute Gasteiger partial charge is 0.390 e. The first kappa shape index (κ1) is 14.9. The number of piperidine rings is 3. The highest BCUT2D eigenvalue weighted by atomic mass is 16.3. The Labute approximate surface area is 137 Å². The highest BCUT2D eigenvalue weighted by molar-refractivity contribution is 5.81. The van der Waals surface area contributed by atoms with E-state index in [1.807, 2.05) is 12.3 Å². The van der Waals surface area contributed by atoms with E-state index in [4.69, 9.17) is 0 Å². The Bertz CT molecular complexity index is 723. The summed E-state index contributed by atoms with van der Waals surface area (Å²) in [4.78, 5) is 4.49. The fourth-order valence-electron chi connectivity index (χ4n) is 4.91. The van der Waals surface area contributed by atoms with Crippen LogP contribution in [0.15, 0.2) is 49.2 Å². The zero-order chi connectivity index (χ0) is 15.9. The van der Waals surface area contributed by atoms with Crippen molar-refractivity contribution in [1.82, 2.24) is 4.98 Å². The monoisotopic (exact) mass is 309 g/mol. The molecule has 1 aromatic carbocycles. The van der Waals surface area contributed by atoms with Gasteiger partial charge in [0.2, 0.25) is 0 Å². The van der Waals surface area contributed by atoms with Gasteiger partial charge in [0.25, 0.3) is 0 Å². The summed E-state index contributed by atoms with van der Waals surface area (Å²) in [6.07, 6.45) is 6.47. The second-order valence-corrected chi connectivity index (χ2v) is 7.29. The van der Waals surface area contributed by atoms with Crippen LogP contribution in [0.1, 0.15) is 18.4 Å². The van der Waals surface area contributed by atoms with Crippen LogP contribution >= 0.6 is 0 Å². The molecule has 4 atom stereocenters. The molecule has 5 rings (SSSR count). The minimum atomic E-state index is 0.295. The summed E-state index contributed by atoms with van der Waals surface area (Å²) >= 11 is 0. The fraction of sp³-hybridized carbons (Fsp3) is 0.450. The third kappa shape index (κ3) is 2.39. The van der Waals surface area contributed by atoms with Crippen molar-refractivity contribution in [2.24, 2.45) is 11.8 Å². The van der Waals surface area contributed by atoms with Crippen LogP contribution in [-0.2, 0) is 6.54 Å². The second kappa shape index (κ2) is 5.73. The van der Waals surface area contributed by atoms with Crippen LogP contribution in [0.25, 0.3) is 10.9 Å². The van der Waals surface area contributed by atoms with Crippen LogP contribution in [0.4, 0.5) is 0 Å². The predicted molar refractivity (Wildman–Crippen MR) is 92.7 cm³/mol. The van der Waals surface area contributed by atoms with E-state index >= 15 is 0 Å². The molecule has 3 fully saturated rings. The minimum absolute atomic E-state index is 0.295. The van der Waals surface area contributed by atoms with Gasteiger partial charge < -0.3 is 9.59 Å². The normalized spacial score (nSPS) is 33.0. The maximum Gasteiger partial charge on any atom is 0.113 e. The van der Waals surface area contributed by atoms with Gasteiger partial charge in [0.05, 0.1) is 25.2 Å². The molecule has 120 valence electrons. The molecule has 2 unspecified atom stereocenters. The summed E-state index contributed by atoms with van der Waals surface area (Å²) in [6.45, 7) is 7.64. The van der Waals surface area contributed by atoms with Gasteiger partial charge in [-0.05, 0) is 18.1 Å². The first-order valence-corrected chi connectivity index (χ1v) is 8.67. The third-order valence-electron chi connectivity index (χ3n) is 6.21. The molecule has 2 aromatic rings. The smallest absolute Gasteiger partial charge is 0.113 e. The number of quaternary nitrogens is 1. The quantitative estimate of drug-likeness (QED) is 0.695. The fourth-order valence-corrected chi connectivity index (χ4v) is 4.91. The van der Waals surface area contributed by atoms with Gasteiger partial charge in [0.1, 0.15) is 12.6 Å². The second-order valence-electron chi connectivity index (χ2n) is 7.29. The highest BCUT2D eigenvalue weighted by Crippen LogP contribution is 2.43. The van der Waals surface area contributed by atoms with Crippen molar-refractivity contribution in [2.45, 2.75) is 25.4 Å². The van der Waals surface area contributed by atoms with Crippen LogP contribution in [0, 0.1) is 11.8 Å². The van der Waals surface area contributed by atoms with Crippen molar-refractivity contribution in [3.63, 3.8) is 0 Å². The molecule has 0 saturated carbocycles. The molecule has 0 spiro atoms. The summed E-state index contributed by atoms with van der Waals surface area (Å²) < 4.78 is 1.01. The zero-order valence-corrected chi connectivity index (χ0v) is 13.6. The molecule has 0 aliphatic carbocycles. The van der Waals surface area contributed by atoms with Gasteiger partial charge in [0, 0.05) is 35.9 Å². The molecule has 3 heteroatoms. The lowest BCUT2D eigenvalue weighted by Gasteiger charge is -2.56. The van der Waals surface area contributed by atoms with Crippen LogP contribution in [0.5, 0.6) is 0 Å². The molecule has 3 saturated heterocycles. The molecule has 3 aliphatic rings. The van der Waals surface area contributed by atoms with Gasteiger partial charge in [-0.15, -0.1) is 6.58 Å². The molecule has 23 heavy (non-hydrogen) atoms. The molecule has 4 heterocycles. The van der Waals surface area contributed by atoms with Gasteiger partial charge in [-0.25, -0.2) is 0 Å². The van der Waals surface area contributed by atoms with Crippen molar-refractivity contribution in [3.05, 3.63) is 54.7 Å². The summed E-state index contributed by atoms with van der Waals surface area (Å²) in [5.74, 6) is 1.32. The Hall–Kier alpha value is -1.71. The Morgan fingerprint density at radius 2 is 2.17 bits per heavy atom. The summed E-state index contributed by atoms with van der Waals surface area (Å²) in [7, 11) is 0. The number of aliphatic hydroxyl groups excluding tert-OH is 1. The highest BCUT2D eigenvalue weighted by Gasteiger charge is 2.50. The topological polar surface area (TPSA) is 33.1 Å². The van der Waals surface area contributed by atoms with Gasteiger partial charge in [0.15, 0.2) is 0 Å². The first-order valence-electron chi connectivity index (χ1n) is 8.67. The number of pyridine rings is 1. The number of fused-ring (bicyclic) bond motifs is 4. The summed E-state index contributed by atoms with van der Waals surface area (Å²) in [5, 5.41) is 11.2. The van der Waals surface area contributed by atoms with E-state index in [2.05, 4.69) is 41.9 Å². The van der Waals surface area contributed by atoms with Crippen molar-refractivity contribution >= 4 is 10.9 Å². The van der Waals surface area contributed by atoms with Crippen LogP contribution < -0.4 is 0 Å². The molecular weight excluding hydrogens is 284 g/mol. The van der Waals surface area contributed by atoms with Crippen molar-refractivity contribution < 1.29 is 9.59 Å². The van der Waals surface area contributed by atoms with Crippen LogP contribution in [-0.4, -0.2) is 40.3 Å². The van der Waals surface area contributed by atoms with Gasteiger partial charge in [-0.2, -0.15) is 0 Å². The predicted octanol–water partition coefficient (Wildman–Crippen LogP) is 3.14. The number of hydrogen-bond donors (Lipinski definition) is 1. The molecular formula is C20H25N2O+. The Balaban J connectivity index is 1.73. The lowest BCUT2D eigenvalue weighted by molar-refractivity contribution is -0.981. The van der Waals surface area contributed by atoms with Gasteiger partial charge in [-0.3, -0.25) is 4.98 Å². The van der Waals surface area contributed by atoms with Crippen molar-refractivity contribution in [1.29, 1.82) is 0 Å². The average molecular weight is 309 g/mol. The zero-order valence-electron chi connectivity index (χ0n) is 13.6. The van der Waals surface area contributed by atoms with E-state index in [0.29, 0.717) is 18.6 Å². The van der Waals surface area contributed by atoms with E-state index in [9.17, 15) is 5.11 Å². The van der Waals surface area contributed by atoms with Crippen LogP contribution in [0.3, 0.4) is 0 Å². The average Bonchev–Trinajstić information content (AvgIpc) is 2.62. The van der Waals surface area contributed by atoms with E-state index in [1.165, 1.54) is 23.9 Å². The Kier molecular flexibility index (Phi) is 3.70. The van der Waals surface area contributed by atoms with Crippen molar-refractivity contribution in [3.8, 4) is 0 Å². The third-order valence-corrected chi connectivity index (χ3v) is 6.21. The SMILES string of the molecule is C=C[C@H]1C[N+]2(Cc3ccnc4ccccc34)CCC1C[C@@H]2CO. The molecule has 1 N–H and O–H groups in total. The van der Waals surface area contributed by atoms with Crippen molar-refractivity contribution in [2.75, 3.05) is 19.7 Å². The number of nitrogens with zero attached hydrogens (tertiary/aromatic N) is 2. The standard InChI is InChI=1S/C20H25N2O/c1-2-15-12-22(10-8-16(15)11-18(22)14-23)13-17-7-9-21-20-6-4-3-5-19(17)20/h2-7,9,15-16,18,23H,1,8,10-14H2/q+1/t15-,16?,18+,22?/m0/s1. The molecule has 2 bridgehead atoms. The van der Waals surface area contributed by atoms with E-state index in [-0.39, 0.29) is 0 Å². The van der Waals surface area contributed by atoms with E-state index in [1.54, 1.807) is 0 Å². The maximum absolute atomic E-state index is 9.97. The lowest BCUT2D eigenvalue weighted by atomic mass is 9.73. The Morgan fingerprint density at radius 3 is 3.00 bits per heavy atom. The lowest BCUT2D eigenvalue weighted by Crippen LogP contribution is -2.67. The van der Waals surface area contributed by atoms with Gasteiger partial charge >= 0.3 is 0 Å². The maximum atomic E-state index is 9.97. The molecule has 3 nitrogen and oxygen atoms in total. The molecule has 1 aromatic heterocycles. The number of aromatic nitrogens is 1. The number of para-hydroxylation sites is 1. The number of hydrogen-bond acceptors (Lipinski definition) is 2. The van der Waals surface area contributed by atoms with Crippen LogP contribution in [0.2, 0.25) is 0 Å². The molecule has 0 amide bonds. The molecule has 3 aliphatic heterocycles. The number of aliphatic hydroxyl groups is 1. The molecule has 0 radical (unpaired) electrons. The van der Waals surface area contributed by atoms with E-state index < -0.39 is 0 Å². The Morgan fingerprint density at radius 1 is 1.30 bits per heavy atom.